The maximum absolute atomic E-state index is 13.0. The van der Waals surface area contributed by atoms with Crippen molar-refractivity contribution in [3.05, 3.63) is 89.6 Å². The SMILES string of the molecule is Cc1ccc(S(=O)(=O)Oc2cc(C(C#N)c3cccc4ccccc34)nc(SC3CCCC3)n2)cc1. The summed E-state index contributed by atoms with van der Waals surface area (Å²) in [5.74, 6) is -0.798. The summed E-state index contributed by atoms with van der Waals surface area (Å²) < 4.78 is 31.5. The van der Waals surface area contributed by atoms with Crippen LogP contribution in [0, 0.1) is 18.3 Å². The Morgan fingerprint density at radius 2 is 1.72 bits per heavy atom. The molecule has 1 atom stereocenters. The fraction of sp³-hybridized carbons (Fsp3) is 0.250. The Kier molecular flexibility index (Phi) is 6.95. The first kappa shape index (κ1) is 24.3. The summed E-state index contributed by atoms with van der Waals surface area (Å²) in [5.41, 5.74) is 2.16. The van der Waals surface area contributed by atoms with E-state index in [-0.39, 0.29) is 10.8 Å². The van der Waals surface area contributed by atoms with Crippen molar-refractivity contribution in [2.45, 2.75) is 53.8 Å². The fourth-order valence-electron chi connectivity index (χ4n) is 4.48. The number of fused-ring (bicyclic) bond motifs is 1. The summed E-state index contributed by atoms with van der Waals surface area (Å²) in [6.45, 7) is 1.88. The second kappa shape index (κ2) is 10.3. The first-order valence-corrected chi connectivity index (χ1v) is 14.2. The minimum atomic E-state index is -4.11. The number of benzene rings is 3. The van der Waals surface area contributed by atoms with Gasteiger partial charge in [0.15, 0.2) is 5.16 Å². The Labute approximate surface area is 215 Å². The Balaban J connectivity index is 1.57. The molecule has 0 N–H and O–H groups in total. The molecule has 8 heteroatoms. The van der Waals surface area contributed by atoms with Gasteiger partial charge in [0.05, 0.1) is 11.8 Å². The minimum Gasteiger partial charge on any atom is -0.358 e. The van der Waals surface area contributed by atoms with E-state index < -0.39 is 16.0 Å². The smallest absolute Gasteiger partial charge is 0.340 e. The molecule has 182 valence electrons. The Hall–Kier alpha value is -3.41. The monoisotopic (exact) mass is 515 g/mol. The van der Waals surface area contributed by atoms with Crippen molar-refractivity contribution < 1.29 is 12.6 Å². The molecule has 0 spiro atoms. The molecule has 1 aliphatic carbocycles. The van der Waals surface area contributed by atoms with Crippen LogP contribution in [0.3, 0.4) is 0 Å². The standard InChI is InChI=1S/C28H25N3O3S2/c1-19-13-15-22(16-14-19)36(32,33)34-27-17-26(30-28(31-27)35-21-9-3-4-10-21)25(18-29)24-12-6-8-20-7-2-5-11-23(20)24/h2,5-8,11-17,21,25H,3-4,9-10H2,1H3. The van der Waals surface area contributed by atoms with Crippen LogP contribution in [0.4, 0.5) is 0 Å². The molecular formula is C28H25N3O3S2. The summed E-state index contributed by atoms with van der Waals surface area (Å²) in [6, 6.07) is 24.0. The van der Waals surface area contributed by atoms with Crippen LogP contribution in [0.1, 0.15) is 48.4 Å². The number of thioether (sulfide) groups is 1. The number of hydrogen-bond acceptors (Lipinski definition) is 7. The van der Waals surface area contributed by atoms with E-state index in [1.165, 1.54) is 30.0 Å². The maximum atomic E-state index is 13.0. The zero-order valence-corrected chi connectivity index (χ0v) is 21.4. The van der Waals surface area contributed by atoms with Crippen LogP contribution in [0.15, 0.2) is 82.8 Å². The number of nitriles is 1. The average molecular weight is 516 g/mol. The molecule has 0 saturated heterocycles. The number of hydrogen-bond donors (Lipinski definition) is 0. The topological polar surface area (TPSA) is 92.9 Å². The van der Waals surface area contributed by atoms with E-state index in [4.69, 9.17) is 9.17 Å². The van der Waals surface area contributed by atoms with Gasteiger partial charge in [-0.15, -0.1) is 0 Å². The van der Waals surface area contributed by atoms with Crippen molar-refractivity contribution in [2.24, 2.45) is 0 Å². The van der Waals surface area contributed by atoms with Gasteiger partial charge in [-0.2, -0.15) is 18.7 Å². The van der Waals surface area contributed by atoms with Crippen LogP contribution in [0.2, 0.25) is 0 Å². The number of rotatable bonds is 7. The molecule has 1 unspecified atom stereocenters. The number of aryl methyl sites for hydroxylation is 1. The third-order valence-electron chi connectivity index (χ3n) is 6.34. The van der Waals surface area contributed by atoms with Gasteiger partial charge in [0.2, 0.25) is 5.88 Å². The molecule has 5 rings (SSSR count). The van der Waals surface area contributed by atoms with Crippen LogP contribution in [0.25, 0.3) is 10.8 Å². The van der Waals surface area contributed by atoms with E-state index in [1.54, 1.807) is 12.1 Å². The molecule has 1 fully saturated rings. The van der Waals surface area contributed by atoms with Crippen molar-refractivity contribution in [1.82, 2.24) is 9.97 Å². The molecule has 1 aliphatic rings. The molecule has 0 amide bonds. The van der Waals surface area contributed by atoms with Gasteiger partial charge in [-0.05, 0) is 48.2 Å². The van der Waals surface area contributed by atoms with Gasteiger partial charge in [-0.25, -0.2) is 4.98 Å². The molecule has 1 saturated carbocycles. The van der Waals surface area contributed by atoms with Gasteiger partial charge in [-0.1, -0.05) is 84.8 Å². The van der Waals surface area contributed by atoms with Crippen LogP contribution < -0.4 is 4.18 Å². The van der Waals surface area contributed by atoms with E-state index in [2.05, 4.69) is 11.1 Å². The summed E-state index contributed by atoms with van der Waals surface area (Å²) in [4.78, 5) is 9.20. The summed E-state index contributed by atoms with van der Waals surface area (Å²) in [7, 11) is -4.11. The molecule has 1 heterocycles. The third-order valence-corrected chi connectivity index (χ3v) is 8.78. The number of nitrogens with zero attached hydrogens (tertiary/aromatic N) is 3. The second-order valence-corrected chi connectivity index (χ2v) is 11.7. The van der Waals surface area contributed by atoms with Crippen LogP contribution in [-0.4, -0.2) is 23.6 Å². The fourth-order valence-corrected chi connectivity index (χ4v) is 6.53. The first-order valence-electron chi connectivity index (χ1n) is 11.9. The van der Waals surface area contributed by atoms with Crippen molar-refractivity contribution in [3.8, 4) is 11.9 Å². The molecular weight excluding hydrogens is 490 g/mol. The molecule has 0 bridgehead atoms. The molecule has 3 aromatic carbocycles. The highest BCUT2D eigenvalue weighted by Gasteiger charge is 2.25. The van der Waals surface area contributed by atoms with E-state index in [0.29, 0.717) is 16.1 Å². The van der Waals surface area contributed by atoms with Crippen LogP contribution in [-0.2, 0) is 10.1 Å². The zero-order chi connectivity index (χ0) is 25.1. The van der Waals surface area contributed by atoms with Gasteiger partial charge < -0.3 is 4.18 Å². The van der Waals surface area contributed by atoms with E-state index in [1.807, 2.05) is 49.4 Å². The van der Waals surface area contributed by atoms with Gasteiger partial charge in [0.1, 0.15) is 10.8 Å². The summed E-state index contributed by atoms with van der Waals surface area (Å²) in [5, 5.41) is 13.0. The highest BCUT2D eigenvalue weighted by Crippen LogP contribution is 2.36. The van der Waals surface area contributed by atoms with Crippen molar-refractivity contribution >= 4 is 32.7 Å². The normalized spacial score (nSPS) is 15.0. The van der Waals surface area contributed by atoms with E-state index in [0.717, 1.165) is 47.6 Å². The second-order valence-electron chi connectivity index (χ2n) is 8.92. The molecule has 6 nitrogen and oxygen atoms in total. The maximum Gasteiger partial charge on any atom is 0.340 e. The quantitative estimate of drug-likeness (QED) is 0.208. The zero-order valence-electron chi connectivity index (χ0n) is 19.8. The first-order chi connectivity index (χ1) is 17.4. The Bertz CT molecular complexity index is 1540. The Morgan fingerprint density at radius 1 is 1.00 bits per heavy atom. The molecule has 0 radical (unpaired) electrons. The van der Waals surface area contributed by atoms with Crippen LogP contribution in [0.5, 0.6) is 5.88 Å². The highest BCUT2D eigenvalue weighted by atomic mass is 32.2. The van der Waals surface area contributed by atoms with E-state index in [9.17, 15) is 13.7 Å². The lowest BCUT2D eigenvalue weighted by Gasteiger charge is -2.16. The lowest BCUT2D eigenvalue weighted by molar-refractivity contribution is 0.470. The minimum absolute atomic E-state index is 0.0455. The number of aromatic nitrogens is 2. The van der Waals surface area contributed by atoms with Gasteiger partial charge in [0.25, 0.3) is 0 Å². The van der Waals surface area contributed by atoms with Gasteiger partial charge >= 0.3 is 10.1 Å². The summed E-state index contributed by atoms with van der Waals surface area (Å²) >= 11 is 1.52. The highest BCUT2D eigenvalue weighted by molar-refractivity contribution is 7.99. The molecule has 36 heavy (non-hydrogen) atoms. The Morgan fingerprint density at radius 3 is 2.47 bits per heavy atom. The largest absolute Gasteiger partial charge is 0.358 e. The lowest BCUT2D eigenvalue weighted by atomic mass is 9.92. The van der Waals surface area contributed by atoms with Gasteiger partial charge in [0, 0.05) is 11.3 Å². The average Bonchev–Trinajstić information content (AvgIpc) is 3.37. The molecule has 4 aromatic rings. The van der Waals surface area contributed by atoms with Crippen molar-refractivity contribution in [1.29, 1.82) is 5.26 Å². The summed E-state index contributed by atoms with van der Waals surface area (Å²) in [6.07, 6.45) is 4.42. The predicted octanol–water partition coefficient (Wildman–Crippen LogP) is 6.40. The molecule has 0 aliphatic heterocycles. The predicted molar refractivity (Wildman–Crippen MR) is 141 cm³/mol. The third kappa shape index (κ3) is 5.23. The molecule has 1 aromatic heterocycles. The van der Waals surface area contributed by atoms with Gasteiger partial charge in [-0.3, -0.25) is 0 Å². The van der Waals surface area contributed by atoms with Crippen molar-refractivity contribution in [2.75, 3.05) is 0 Å². The lowest BCUT2D eigenvalue weighted by Crippen LogP contribution is -2.13. The van der Waals surface area contributed by atoms with Crippen LogP contribution >= 0.6 is 11.8 Å². The van der Waals surface area contributed by atoms with Crippen molar-refractivity contribution in [3.63, 3.8) is 0 Å². The van der Waals surface area contributed by atoms with E-state index >= 15 is 0 Å².